The molecule has 3 nitrogen and oxygen atoms in total. The van der Waals surface area contributed by atoms with Gasteiger partial charge in [-0.25, -0.2) is 0 Å². The van der Waals surface area contributed by atoms with Crippen LogP contribution in [0.1, 0.15) is 29.4 Å². The lowest BCUT2D eigenvalue weighted by Crippen LogP contribution is -2.33. The minimum atomic E-state index is 0.533. The van der Waals surface area contributed by atoms with Gasteiger partial charge in [0.2, 0.25) is 0 Å². The van der Waals surface area contributed by atoms with Crippen molar-refractivity contribution in [1.29, 1.82) is 0 Å². The number of benzene rings is 1. The minimum Gasteiger partial charge on any atom is -0.316 e. The summed E-state index contributed by atoms with van der Waals surface area (Å²) in [6.45, 7) is 2.13. The van der Waals surface area contributed by atoms with Gasteiger partial charge >= 0.3 is 0 Å². The summed E-state index contributed by atoms with van der Waals surface area (Å²) in [4.78, 5) is 0. The molecule has 19 heavy (non-hydrogen) atoms. The molecule has 1 saturated heterocycles. The average Bonchev–Trinajstić information content (AvgIpc) is 2.86. The molecule has 3 rings (SSSR count). The molecule has 0 radical (unpaired) electrons. The van der Waals surface area contributed by atoms with Crippen LogP contribution in [0, 0.1) is 0 Å². The Morgan fingerprint density at radius 1 is 1.21 bits per heavy atom. The van der Waals surface area contributed by atoms with Crippen LogP contribution in [0.3, 0.4) is 0 Å². The lowest BCUT2D eigenvalue weighted by molar-refractivity contribution is 0.404. The highest BCUT2D eigenvalue weighted by molar-refractivity contribution is 9.10. The summed E-state index contributed by atoms with van der Waals surface area (Å²) < 4.78 is 3.04. The van der Waals surface area contributed by atoms with Crippen LogP contribution in [0.15, 0.2) is 41.1 Å². The van der Waals surface area contributed by atoms with Crippen LogP contribution in [0.2, 0.25) is 0 Å². The second-order valence-electron chi connectivity index (χ2n) is 5.20. The Bertz CT molecular complexity index is 547. The van der Waals surface area contributed by atoms with Gasteiger partial charge in [-0.3, -0.25) is 4.68 Å². The van der Waals surface area contributed by atoms with Crippen molar-refractivity contribution in [3.63, 3.8) is 0 Å². The van der Waals surface area contributed by atoms with E-state index in [1.807, 2.05) is 17.9 Å². The van der Waals surface area contributed by atoms with Gasteiger partial charge in [-0.15, -0.1) is 0 Å². The molecule has 0 amide bonds. The van der Waals surface area contributed by atoms with Crippen LogP contribution in [0.25, 0.3) is 0 Å². The van der Waals surface area contributed by atoms with Crippen molar-refractivity contribution in [2.24, 2.45) is 7.05 Å². The van der Waals surface area contributed by atoms with Gasteiger partial charge in [0.25, 0.3) is 0 Å². The Balaban J connectivity index is 1.90. The van der Waals surface area contributed by atoms with Gasteiger partial charge in [-0.05, 0) is 42.1 Å². The Kier molecular flexibility index (Phi) is 3.71. The number of rotatable bonds is 2. The highest BCUT2D eigenvalue weighted by Crippen LogP contribution is 2.37. The zero-order valence-corrected chi connectivity index (χ0v) is 12.6. The molecule has 0 saturated carbocycles. The predicted molar refractivity (Wildman–Crippen MR) is 80.3 cm³/mol. The Labute approximate surface area is 122 Å². The van der Waals surface area contributed by atoms with Crippen molar-refractivity contribution in [3.05, 3.63) is 52.3 Å². The second kappa shape index (κ2) is 5.47. The normalized spacial score (nSPS) is 23.5. The molecule has 100 valence electrons. The molecule has 2 atom stereocenters. The summed E-state index contributed by atoms with van der Waals surface area (Å²) in [7, 11) is 1.99. The van der Waals surface area contributed by atoms with Crippen molar-refractivity contribution in [2.45, 2.75) is 18.3 Å². The third kappa shape index (κ3) is 2.74. The van der Waals surface area contributed by atoms with E-state index >= 15 is 0 Å². The minimum absolute atomic E-state index is 0.533. The topological polar surface area (TPSA) is 29.9 Å². The Hall–Kier alpha value is -1.13. The summed E-state index contributed by atoms with van der Waals surface area (Å²) >= 11 is 3.50. The number of aromatic nitrogens is 2. The van der Waals surface area contributed by atoms with Gasteiger partial charge < -0.3 is 5.32 Å². The number of aryl methyl sites for hydroxylation is 1. The standard InChI is InChI=1S/C15H18BrN3/c1-19-10-12(8-18-19)14-6-7-17-9-15(14)11-2-4-13(16)5-3-11/h2-5,8,10,14-15,17H,6-7,9H2,1H3. The second-order valence-corrected chi connectivity index (χ2v) is 6.12. The molecule has 2 unspecified atom stereocenters. The molecule has 1 N–H and O–H groups in total. The van der Waals surface area contributed by atoms with Crippen LogP contribution in [-0.2, 0) is 7.05 Å². The molecule has 0 spiro atoms. The number of hydrogen-bond donors (Lipinski definition) is 1. The van der Waals surface area contributed by atoms with Gasteiger partial charge in [-0.2, -0.15) is 5.10 Å². The monoisotopic (exact) mass is 319 g/mol. The highest BCUT2D eigenvalue weighted by atomic mass is 79.9. The number of nitrogens with zero attached hydrogens (tertiary/aromatic N) is 2. The van der Waals surface area contributed by atoms with E-state index in [0.717, 1.165) is 17.6 Å². The first-order chi connectivity index (χ1) is 9.24. The number of halogens is 1. The molecule has 0 bridgehead atoms. The Morgan fingerprint density at radius 2 is 2.00 bits per heavy atom. The van der Waals surface area contributed by atoms with E-state index in [0.29, 0.717) is 11.8 Å². The number of piperidine rings is 1. The first-order valence-corrected chi connectivity index (χ1v) is 7.48. The fourth-order valence-corrected chi connectivity index (χ4v) is 3.21. The predicted octanol–water partition coefficient (Wildman–Crippen LogP) is 3.04. The van der Waals surface area contributed by atoms with E-state index in [4.69, 9.17) is 0 Å². The lowest BCUT2D eigenvalue weighted by Gasteiger charge is -2.32. The van der Waals surface area contributed by atoms with E-state index < -0.39 is 0 Å². The molecule has 1 aliphatic heterocycles. The first-order valence-electron chi connectivity index (χ1n) is 6.69. The smallest absolute Gasteiger partial charge is 0.0524 e. The van der Waals surface area contributed by atoms with Crippen molar-refractivity contribution in [2.75, 3.05) is 13.1 Å². The van der Waals surface area contributed by atoms with Crippen molar-refractivity contribution in [3.8, 4) is 0 Å². The third-order valence-electron chi connectivity index (χ3n) is 3.93. The van der Waals surface area contributed by atoms with Crippen LogP contribution in [0.4, 0.5) is 0 Å². The van der Waals surface area contributed by atoms with Gasteiger partial charge in [0.05, 0.1) is 6.20 Å². The molecule has 1 aromatic heterocycles. The average molecular weight is 320 g/mol. The van der Waals surface area contributed by atoms with Crippen molar-refractivity contribution < 1.29 is 0 Å². The molecule has 4 heteroatoms. The van der Waals surface area contributed by atoms with Gasteiger partial charge in [0.15, 0.2) is 0 Å². The van der Waals surface area contributed by atoms with E-state index in [-0.39, 0.29) is 0 Å². The number of nitrogens with one attached hydrogen (secondary N) is 1. The van der Waals surface area contributed by atoms with Gasteiger partial charge in [0.1, 0.15) is 0 Å². The van der Waals surface area contributed by atoms with Gasteiger partial charge in [0, 0.05) is 30.2 Å². The quantitative estimate of drug-likeness (QED) is 0.922. The first kappa shape index (κ1) is 12.9. The lowest BCUT2D eigenvalue weighted by atomic mass is 9.78. The largest absolute Gasteiger partial charge is 0.316 e. The summed E-state index contributed by atoms with van der Waals surface area (Å²) in [5.41, 5.74) is 2.76. The van der Waals surface area contributed by atoms with Crippen molar-refractivity contribution in [1.82, 2.24) is 15.1 Å². The molecule has 1 aliphatic rings. The molecule has 0 aliphatic carbocycles. The van der Waals surface area contributed by atoms with Crippen LogP contribution >= 0.6 is 15.9 Å². The fraction of sp³-hybridized carbons (Fsp3) is 0.400. The maximum atomic E-state index is 4.32. The van der Waals surface area contributed by atoms with Gasteiger partial charge in [-0.1, -0.05) is 28.1 Å². The summed E-state index contributed by atoms with van der Waals surface area (Å²) in [5.74, 6) is 1.10. The van der Waals surface area contributed by atoms with Crippen molar-refractivity contribution >= 4 is 15.9 Å². The van der Waals surface area contributed by atoms with E-state index in [1.54, 1.807) is 0 Å². The Morgan fingerprint density at radius 3 is 2.68 bits per heavy atom. The van der Waals surface area contributed by atoms with Crippen LogP contribution in [-0.4, -0.2) is 22.9 Å². The summed E-state index contributed by atoms with van der Waals surface area (Å²) in [5, 5.41) is 7.84. The molecule has 2 aromatic rings. The molecule has 2 heterocycles. The molecule has 1 fully saturated rings. The van der Waals surface area contributed by atoms with E-state index in [2.05, 4.69) is 56.8 Å². The molecule has 1 aromatic carbocycles. The van der Waals surface area contributed by atoms with Crippen LogP contribution in [0.5, 0.6) is 0 Å². The molecular weight excluding hydrogens is 302 g/mol. The maximum Gasteiger partial charge on any atom is 0.0524 e. The zero-order chi connectivity index (χ0) is 13.2. The maximum absolute atomic E-state index is 4.32. The van der Waals surface area contributed by atoms with E-state index in [1.165, 1.54) is 17.5 Å². The highest BCUT2D eigenvalue weighted by Gasteiger charge is 2.28. The summed E-state index contributed by atoms with van der Waals surface area (Å²) in [6.07, 6.45) is 5.34. The van der Waals surface area contributed by atoms with E-state index in [9.17, 15) is 0 Å². The SMILES string of the molecule is Cn1cc(C2CCNCC2c2ccc(Br)cc2)cn1. The number of hydrogen-bond acceptors (Lipinski definition) is 2. The summed E-state index contributed by atoms with van der Waals surface area (Å²) in [6, 6.07) is 8.71. The van der Waals surface area contributed by atoms with Crippen LogP contribution < -0.4 is 5.32 Å². The third-order valence-corrected chi connectivity index (χ3v) is 4.46. The molecular formula is C15H18BrN3. The fourth-order valence-electron chi connectivity index (χ4n) is 2.95. The zero-order valence-electron chi connectivity index (χ0n) is 11.0.